The molecule has 0 amide bonds. The highest BCUT2D eigenvalue weighted by Gasteiger charge is 2.10. The molecule has 27 heavy (non-hydrogen) atoms. The molecule has 136 valence electrons. The first kappa shape index (κ1) is 18.5. The van der Waals surface area contributed by atoms with E-state index in [1.165, 1.54) is 18.2 Å². The van der Waals surface area contributed by atoms with E-state index in [0.717, 1.165) is 24.0 Å². The number of hydrogen-bond acceptors (Lipinski definition) is 3. The quantitative estimate of drug-likeness (QED) is 0.490. The largest absolute Gasteiger partial charge is 0.507 e. The van der Waals surface area contributed by atoms with E-state index in [-0.39, 0.29) is 11.3 Å². The van der Waals surface area contributed by atoms with Crippen molar-refractivity contribution >= 4 is 18.1 Å². The molecular formula is C24H22O3. The predicted octanol–water partition coefficient (Wildman–Crippen LogP) is 5.13. The van der Waals surface area contributed by atoms with E-state index in [1.807, 2.05) is 24.3 Å². The van der Waals surface area contributed by atoms with Gasteiger partial charge in [0.1, 0.15) is 11.3 Å². The second-order valence-corrected chi connectivity index (χ2v) is 6.29. The van der Waals surface area contributed by atoms with E-state index in [0.29, 0.717) is 0 Å². The van der Waals surface area contributed by atoms with E-state index in [2.05, 4.69) is 47.2 Å². The molecule has 0 bridgehead atoms. The average Bonchev–Trinajstić information content (AvgIpc) is 2.71. The molecule has 3 aromatic rings. The third-order valence-corrected chi connectivity index (χ3v) is 4.46. The fraction of sp³-hybridized carbons (Fsp3) is 0.125. The lowest BCUT2D eigenvalue weighted by molar-refractivity contribution is 0.0597. The minimum absolute atomic E-state index is 0.0821. The average molecular weight is 358 g/mol. The smallest absolute Gasteiger partial charge is 0.341 e. The van der Waals surface area contributed by atoms with Crippen molar-refractivity contribution in [3.8, 4) is 5.75 Å². The van der Waals surface area contributed by atoms with Gasteiger partial charge in [-0.2, -0.15) is 0 Å². The van der Waals surface area contributed by atoms with Gasteiger partial charge in [-0.3, -0.25) is 0 Å². The summed E-state index contributed by atoms with van der Waals surface area (Å²) >= 11 is 0. The molecule has 0 aliphatic carbocycles. The number of phenols is 1. The van der Waals surface area contributed by atoms with Gasteiger partial charge in [-0.1, -0.05) is 72.8 Å². The Morgan fingerprint density at radius 3 is 2.41 bits per heavy atom. The fourth-order valence-electron chi connectivity index (χ4n) is 2.97. The Bertz CT molecular complexity index is 943. The van der Waals surface area contributed by atoms with E-state index in [1.54, 1.807) is 18.2 Å². The Balaban J connectivity index is 1.75. The monoisotopic (exact) mass is 358 g/mol. The number of carbonyl (C=O) groups excluding carboxylic acids is 1. The maximum atomic E-state index is 11.6. The van der Waals surface area contributed by atoms with Crippen LogP contribution in [0.3, 0.4) is 0 Å². The van der Waals surface area contributed by atoms with Crippen LogP contribution in [-0.2, 0) is 17.6 Å². The van der Waals surface area contributed by atoms with Gasteiger partial charge in [0.25, 0.3) is 0 Å². The van der Waals surface area contributed by atoms with Crippen LogP contribution in [0, 0.1) is 0 Å². The van der Waals surface area contributed by atoms with Gasteiger partial charge in [0, 0.05) is 0 Å². The summed E-state index contributed by atoms with van der Waals surface area (Å²) in [6, 6.07) is 23.6. The Hall–Kier alpha value is -3.33. The van der Waals surface area contributed by atoms with Gasteiger partial charge in [0.2, 0.25) is 0 Å². The van der Waals surface area contributed by atoms with E-state index >= 15 is 0 Å². The molecule has 0 aromatic heterocycles. The molecule has 3 heteroatoms. The molecule has 0 heterocycles. The summed E-state index contributed by atoms with van der Waals surface area (Å²) in [5.41, 5.74) is 4.72. The molecular weight excluding hydrogens is 336 g/mol. The van der Waals surface area contributed by atoms with Gasteiger partial charge in [0.05, 0.1) is 7.11 Å². The Morgan fingerprint density at radius 2 is 1.67 bits per heavy atom. The molecule has 0 atom stereocenters. The second-order valence-electron chi connectivity index (χ2n) is 6.29. The zero-order valence-corrected chi connectivity index (χ0v) is 15.3. The van der Waals surface area contributed by atoms with Crippen LogP contribution < -0.4 is 0 Å². The number of carbonyl (C=O) groups is 1. The highest BCUT2D eigenvalue weighted by atomic mass is 16.5. The van der Waals surface area contributed by atoms with Gasteiger partial charge >= 0.3 is 5.97 Å². The van der Waals surface area contributed by atoms with Crippen molar-refractivity contribution in [2.75, 3.05) is 7.11 Å². The number of methoxy groups -OCH3 is 1. The fourth-order valence-corrected chi connectivity index (χ4v) is 2.97. The number of ether oxygens (including phenoxy) is 1. The number of benzene rings is 3. The first-order chi connectivity index (χ1) is 13.2. The van der Waals surface area contributed by atoms with Crippen molar-refractivity contribution in [1.29, 1.82) is 0 Å². The van der Waals surface area contributed by atoms with Crippen LogP contribution >= 0.6 is 0 Å². The van der Waals surface area contributed by atoms with Crippen LogP contribution in [0.5, 0.6) is 5.75 Å². The minimum Gasteiger partial charge on any atom is -0.507 e. The van der Waals surface area contributed by atoms with Crippen LogP contribution in [0.2, 0.25) is 0 Å². The third-order valence-electron chi connectivity index (χ3n) is 4.46. The number of rotatable bonds is 6. The zero-order valence-electron chi connectivity index (χ0n) is 15.3. The van der Waals surface area contributed by atoms with Crippen LogP contribution in [0.4, 0.5) is 0 Å². The molecule has 0 spiro atoms. The predicted molar refractivity (Wildman–Crippen MR) is 109 cm³/mol. The maximum absolute atomic E-state index is 11.6. The molecule has 0 fully saturated rings. The van der Waals surface area contributed by atoms with E-state index in [9.17, 15) is 9.90 Å². The number of hydrogen-bond donors (Lipinski definition) is 1. The minimum atomic E-state index is -0.547. The van der Waals surface area contributed by atoms with Crippen molar-refractivity contribution in [3.05, 3.63) is 101 Å². The van der Waals surface area contributed by atoms with E-state index < -0.39 is 5.97 Å². The highest BCUT2D eigenvalue weighted by molar-refractivity contribution is 5.92. The summed E-state index contributed by atoms with van der Waals surface area (Å²) in [4.78, 5) is 11.6. The highest BCUT2D eigenvalue weighted by Crippen LogP contribution is 2.22. The first-order valence-corrected chi connectivity index (χ1v) is 8.88. The molecule has 0 aliphatic rings. The maximum Gasteiger partial charge on any atom is 0.341 e. The zero-order chi connectivity index (χ0) is 19.1. The lowest BCUT2D eigenvalue weighted by Crippen LogP contribution is -2.01. The van der Waals surface area contributed by atoms with Crippen molar-refractivity contribution < 1.29 is 14.6 Å². The third kappa shape index (κ3) is 4.85. The molecule has 3 aromatic carbocycles. The van der Waals surface area contributed by atoms with Crippen molar-refractivity contribution in [3.63, 3.8) is 0 Å². The normalized spacial score (nSPS) is 10.9. The van der Waals surface area contributed by atoms with Crippen LogP contribution in [-0.4, -0.2) is 18.2 Å². The molecule has 0 saturated carbocycles. The second kappa shape index (κ2) is 8.86. The van der Waals surface area contributed by atoms with Gasteiger partial charge < -0.3 is 9.84 Å². The number of aromatic hydroxyl groups is 1. The summed E-state index contributed by atoms with van der Waals surface area (Å²) in [6.45, 7) is 0. The SMILES string of the molecule is COC(=O)c1ccc(/C=C/c2ccccc2CCc2ccccc2)cc1O. The molecule has 1 N–H and O–H groups in total. The van der Waals surface area contributed by atoms with Gasteiger partial charge in [-0.25, -0.2) is 4.79 Å². The van der Waals surface area contributed by atoms with Gasteiger partial charge in [-0.05, 0) is 47.2 Å². The van der Waals surface area contributed by atoms with E-state index in [4.69, 9.17) is 0 Å². The van der Waals surface area contributed by atoms with Crippen molar-refractivity contribution in [2.45, 2.75) is 12.8 Å². The van der Waals surface area contributed by atoms with Crippen LogP contribution in [0.15, 0.2) is 72.8 Å². The van der Waals surface area contributed by atoms with Crippen molar-refractivity contribution in [2.24, 2.45) is 0 Å². The summed E-state index contributed by atoms with van der Waals surface area (Å²) in [5, 5.41) is 10.0. The Labute approximate surface area is 159 Å². The summed E-state index contributed by atoms with van der Waals surface area (Å²) < 4.78 is 4.65. The summed E-state index contributed by atoms with van der Waals surface area (Å²) in [7, 11) is 1.29. The van der Waals surface area contributed by atoms with Crippen LogP contribution in [0.1, 0.15) is 32.6 Å². The number of esters is 1. The van der Waals surface area contributed by atoms with Crippen molar-refractivity contribution in [1.82, 2.24) is 0 Å². The van der Waals surface area contributed by atoms with Gasteiger partial charge in [-0.15, -0.1) is 0 Å². The molecule has 0 unspecified atom stereocenters. The molecule has 3 rings (SSSR count). The molecule has 0 aliphatic heterocycles. The van der Waals surface area contributed by atoms with Gasteiger partial charge in [0.15, 0.2) is 0 Å². The topological polar surface area (TPSA) is 46.5 Å². The molecule has 3 nitrogen and oxygen atoms in total. The number of aryl methyl sites for hydroxylation is 2. The molecule has 0 saturated heterocycles. The first-order valence-electron chi connectivity index (χ1n) is 8.88. The standard InChI is InChI=1S/C24H22O3/c1-27-24(26)22-16-13-19(17-23(22)25)12-15-21-10-6-5-9-20(21)14-11-18-7-3-2-4-8-18/h2-10,12-13,15-17,25H,11,14H2,1H3/b15-12+. The van der Waals surface area contributed by atoms with Crippen LogP contribution in [0.25, 0.3) is 12.2 Å². The lowest BCUT2D eigenvalue weighted by atomic mass is 9.99. The number of phenolic OH excluding ortho intramolecular Hbond substituents is 1. The molecule has 0 radical (unpaired) electrons. The lowest BCUT2D eigenvalue weighted by Gasteiger charge is -2.07. The Kier molecular flexibility index (Phi) is 6.06. The summed E-state index contributed by atoms with van der Waals surface area (Å²) in [6.07, 6.45) is 5.91. The Morgan fingerprint density at radius 1 is 0.926 bits per heavy atom. The summed E-state index contributed by atoms with van der Waals surface area (Å²) in [5.74, 6) is -0.629.